The Morgan fingerprint density at radius 1 is 1.23 bits per heavy atom. The molecule has 6 heteroatoms. The van der Waals surface area contributed by atoms with Crippen molar-refractivity contribution in [3.8, 4) is 11.4 Å². The number of aromatic nitrogens is 3. The smallest absolute Gasteiger partial charge is 0.257 e. The van der Waals surface area contributed by atoms with E-state index in [-0.39, 0.29) is 18.6 Å². The number of amides is 1. The van der Waals surface area contributed by atoms with Crippen molar-refractivity contribution >= 4 is 5.91 Å². The molecule has 114 valence electrons. The van der Waals surface area contributed by atoms with Crippen molar-refractivity contribution in [3.05, 3.63) is 42.5 Å². The molecule has 1 saturated heterocycles. The van der Waals surface area contributed by atoms with E-state index in [4.69, 9.17) is 0 Å². The van der Waals surface area contributed by atoms with E-state index in [9.17, 15) is 9.90 Å². The topological polar surface area (TPSA) is 79.2 Å². The highest BCUT2D eigenvalue weighted by Gasteiger charge is 2.27. The summed E-state index contributed by atoms with van der Waals surface area (Å²) in [5.74, 6) is 0.455. The molecule has 1 N–H and O–H groups in total. The second-order valence-corrected chi connectivity index (χ2v) is 5.36. The Morgan fingerprint density at radius 3 is 2.64 bits per heavy atom. The molecule has 0 bridgehead atoms. The quantitative estimate of drug-likeness (QED) is 0.929. The van der Waals surface area contributed by atoms with Crippen molar-refractivity contribution in [3.63, 3.8) is 0 Å². The van der Waals surface area contributed by atoms with Crippen molar-refractivity contribution < 1.29 is 9.90 Å². The zero-order valence-electron chi connectivity index (χ0n) is 12.2. The second kappa shape index (κ2) is 6.62. The van der Waals surface area contributed by atoms with Gasteiger partial charge in [-0.1, -0.05) is 0 Å². The van der Waals surface area contributed by atoms with Gasteiger partial charge < -0.3 is 10.0 Å². The van der Waals surface area contributed by atoms with Gasteiger partial charge in [-0.25, -0.2) is 9.97 Å². The summed E-state index contributed by atoms with van der Waals surface area (Å²) in [5, 5.41) is 9.42. The largest absolute Gasteiger partial charge is 0.394 e. The Morgan fingerprint density at radius 2 is 1.95 bits per heavy atom. The monoisotopic (exact) mass is 298 g/mol. The van der Waals surface area contributed by atoms with Gasteiger partial charge in [-0.05, 0) is 31.4 Å². The van der Waals surface area contributed by atoms with Crippen LogP contribution in [0.4, 0.5) is 0 Å². The predicted molar refractivity (Wildman–Crippen MR) is 81.0 cm³/mol. The lowest BCUT2D eigenvalue weighted by atomic mass is 10.0. The summed E-state index contributed by atoms with van der Waals surface area (Å²) in [6, 6.07) is 3.55. The van der Waals surface area contributed by atoms with Crippen LogP contribution < -0.4 is 0 Å². The van der Waals surface area contributed by atoms with Gasteiger partial charge >= 0.3 is 0 Å². The molecule has 1 atom stereocenters. The molecule has 3 heterocycles. The average molecular weight is 298 g/mol. The van der Waals surface area contributed by atoms with Gasteiger partial charge in [0.2, 0.25) is 0 Å². The van der Waals surface area contributed by atoms with Crippen LogP contribution in [0.15, 0.2) is 36.9 Å². The highest BCUT2D eigenvalue weighted by atomic mass is 16.3. The normalized spacial score (nSPS) is 18.2. The molecular weight excluding hydrogens is 280 g/mol. The third-order valence-corrected chi connectivity index (χ3v) is 3.94. The fourth-order valence-electron chi connectivity index (χ4n) is 2.71. The first-order valence-corrected chi connectivity index (χ1v) is 7.44. The molecule has 0 saturated carbocycles. The molecule has 1 fully saturated rings. The molecule has 22 heavy (non-hydrogen) atoms. The third-order valence-electron chi connectivity index (χ3n) is 3.94. The fraction of sp³-hybridized carbons (Fsp3) is 0.375. The van der Waals surface area contributed by atoms with E-state index in [0.29, 0.717) is 17.9 Å². The van der Waals surface area contributed by atoms with Crippen LogP contribution >= 0.6 is 0 Å². The van der Waals surface area contributed by atoms with E-state index in [1.54, 1.807) is 29.7 Å². The minimum atomic E-state index is -0.111. The molecule has 0 radical (unpaired) electrons. The lowest BCUT2D eigenvalue weighted by Gasteiger charge is -2.34. The molecule has 1 aliphatic rings. The van der Waals surface area contributed by atoms with E-state index >= 15 is 0 Å². The standard InChI is InChI=1S/C16H18N4O2/c21-11-14-3-1-2-8-20(14)16(22)13-9-18-15(19-10-13)12-4-6-17-7-5-12/h4-7,9-10,14,21H,1-3,8,11H2/t14-/m0/s1. The van der Waals surface area contributed by atoms with E-state index < -0.39 is 0 Å². The van der Waals surface area contributed by atoms with Crippen LogP contribution in [0.5, 0.6) is 0 Å². The Bertz CT molecular complexity index is 630. The molecule has 6 nitrogen and oxygen atoms in total. The lowest BCUT2D eigenvalue weighted by molar-refractivity contribution is 0.0502. The summed E-state index contributed by atoms with van der Waals surface area (Å²) in [6.45, 7) is 0.678. The zero-order valence-corrected chi connectivity index (χ0v) is 12.2. The molecule has 1 amide bonds. The number of likely N-dealkylation sites (tertiary alicyclic amines) is 1. The van der Waals surface area contributed by atoms with Gasteiger partial charge in [-0.15, -0.1) is 0 Å². The van der Waals surface area contributed by atoms with Gasteiger partial charge in [-0.2, -0.15) is 0 Å². The number of piperidine rings is 1. The molecule has 0 aromatic carbocycles. The number of aliphatic hydroxyl groups excluding tert-OH is 1. The number of aliphatic hydroxyl groups is 1. The van der Waals surface area contributed by atoms with Crippen LogP contribution in [0.1, 0.15) is 29.6 Å². The summed E-state index contributed by atoms with van der Waals surface area (Å²) in [7, 11) is 0. The van der Waals surface area contributed by atoms with E-state index in [1.807, 2.05) is 12.1 Å². The molecular formula is C16H18N4O2. The Hall–Kier alpha value is -2.34. The highest BCUT2D eigenvalue weighted by molar-refractivity contribution is 5.94. The summed E-state index contributed by atoms with van der Waals surface area (Å²) in [5.41, 5.74) is 1.32. The molecule has 0 unspecified atom stereocenters. The number of carbonyl (C=O) groups excluding carboxylic acids is 1. The number of nitrogens with zero attached hydrogens (tertiary/aromatic N) is 4. The van der Waals surface area contributed by atoms with E-state index in [0.717, 1.165) is 24.8 Å². The molecule has 3 rings (SSSR count). The zero-order chi connectivity index (χ0) is 15.4. The Kier molecular flexibility index (Phi) is 4.39. The van der Waals surface area contributed by atoms with Crippen molar-refractivity contribution in [2.75, 3.05) is 13.2 Å². The number of hydrogen-bond acceptors (Lipinski definition) is 5. The number of rotatable bonds is 3. The van der Waals surface area contributed by atoms with Gasteiger partial charge in [0.25, 0.3) is 5.91 Å². The molecule has 1 aliphatic heterocycles. The lowest BCUT2D eigenvalue weighted by Crippen LogP contribution is -2.45. The van der Waals surface area contributed by atoms with Crippen LogP contribution in [0.2, 0.25) is 0 Å². The van der Waals surface area contributed by atoms with Crippen molar-refractivity contribution in [1.29, 1.82) is 0 Å². The maximum atomic E-state index is 12.5. The molecule has 0 aliphatic carbocycles. The maximum Gasteiger partial charge on any atom is 0.257 e. The first-order valence-electron chi connectivity index (χ1n) is 7.44. The average Bonchev–Trinajstić information content (AvgIpc) is 2.62. The molecule has 2 aromatic heterocycles. The van der Waals surface area contributed by atoms with Gasteiger partial charge in [0.1, 0.15) is 0 Å². The predicted octanol–water partition coefficient (Wildman–Crippen LogP) is 1.53. The summed E-state index contributed by atoms with van der Waals surface area (Å²) < 4.78 is 0. The van der Waals surface area contributed by atoms with Crippen molar-refractivity contribution in [1.82, 2.24) is 19.9 Å². The van der Waals surface area contributed by atoms with Crippen molar-refractivity contribution in [2.24, 2.45) is 0 Å². The van der Waals surface area contributed by atoms with Gasteiger partial charge in [0, 0.05) is 36.9 Å². The van der Waals surface area contributed by atoms with Crippen LogP contribution in [0.3, 0.4) is 0 Å². The summed E-state index contributed by atoms with van der Waals surface area (Å²) in [6.07, 6.45) is 9.32. The number of hydrogen-bond donors (Lipinski definition) is 1. The minimum absolute atomic E-state index is 0.00168. The minimum Gasteiger partial charge on any atom is -0.394 e. The SMILES string of the molecule is O=C(c1cnc(-c2ccncc2)nc1)N1CCCC[C@H]1CO. The van der Waals surface area contributed by atoms with E-state index in [2.05, 4.69) is 15.0 Å². The first kappa shape index (κ1) is 14.6. The first-order chi connectivity index (χ1) is 10.8. The Labute approximate surface area is 128 Å². The summed E-state index contributed by atoms with van der Waals surface area (Å²) >= 11 is 0. The molecule has 2 aromatic rings. The van der Waals surface area contributed by atoms with Crippen LogP contribution in [0.25, 0.3) is 11.4 Å². The Balaban J connectivity index is 1.79. The maximum absolute atomic E-state index is 12.5. The van der Waals surface area contributed by atoms with Crippen molar-refractivity contribution in [2.45, 2.75) is 25.3 Å². The van der Waals surface area contributed by atoms with Gasteiger partial charge in [0.15, 0.2) is 5.82 Å². The van der Waals surface area contributed by atoms with Gasteiger partial charge in [0.05, 0.1) is 18.2 Å². The summed E-state index contributed by atoms with van der Waals surface area (Å²) in [4.78, 5) is 26.8. The van der Waals surface area contributed by atoms with Crippen LogP contribution in [0, 0.1) is 0 Å². The number of carbonyl (C=O) groups is 1. The second-order valence-electron chi connectivity index (χ2n) is 5.36. The highest BCUT2D eigenvalue weighted by Crippen LogP contribution is 2.19. The molecule has 0 spiro atoms. The van der Waals surface area contributed by atoms with Crippen LogP contribution in [-0.2, 0) is 0 Å². The fourth-order valence-corrected chi connectivity index (χ4v) is 2.71. The van der Waals surface area contributed by atoms with E-state index in [1.165, 1.54) is 0 Å². The number of pyridine rings is 1. The third kappa shape index (κ3) is 2.96. The van der Waals surface area contributed by atoms with Gasteiger partial charge in [-0.3, -0.25) is 9.78 Å². The van der Waals surface area contributed by atoms with Crippen LogP contribution in [-0.4, -0.2) is 50.1 Å².